The minimum absolute atomic E-state index is 0.0400. The SMILES string of the molecule is C=CSC(=S)/C(C(C)=O)=C(/C)O. The van der Waals surface area contributed by atoms with Gasteiger partial charge < -0.3 is 5.11 Å². The van der Waals surface area contributed by atoms with Crippen LogP contribution in [0.15, 0.2) is 23.3 Å². The molecule has 2 nitrogen and oxygen atoms in total. The fourth-order valence-corrected chi connectivity index (χ4v) is 1.74. The first kappa shape index (κ1) is 11.4. The van der Waals surface area contributed by atoms with Gasteiger partial charge in [-0.1, -0.05) is 30.6 Å². The van der Waals surface area contributed by atoms with Crippen LogP contribution >= 0.6 is 24.0 Å². The zero-order valence-electron chi connectivity index (χ0n) is 6.96. The van der Waals surface area contributed by atoms with E-state index in [2.05, 4.69) is 6.58 Å². The summed E-state index contributed by atoms with van der Waals surface area (Å²) >= 11 is 6.03. The Morgan fingerprint density at radius 3 is 2.33 bits per heavy atom. The molecule has 0 rings (SSSR count). The Bertz CT molecular complexity index is 250. The molecule has 0 aromatic rings. The number of hydrogen-bond donors (Lipinski definition) is 1. The second kappa shape index (κ2) is 5.11. The van der Waals surface area contributed by atoms with Crippen LogP contribution in [0.1, 0.15) is 13.8 Å². The smallest absolute Gasteiger partial charge is 0.165 e. The highest BCUT2D eigenvalue weighted by Crippen LogP contribution is 2.16. The van der Waals surface area contributed by atoms with Gasteiger partial charge in [0.15, 0.2) is 5.78 Å². The fraction of sp³-hybridized carbons (Fsp3) is 0.250. The molecule has 0 unspecified atom stereocenters. The maximum absolute atomic E-state index is 10.9. The molecule has 1 N–H and O–H groups in total. The van der Waals surface area contributed by atoms with E-state index in [0.717, 1.165) is 11.8 Å². The fourth-order valence-electron chi connectivity index (χ4n) is 0.681. The summed E-state index contributed by atoms with van der Waals surface area (Å²) in [6, 6.07) is 0. The first-order valence-electron chi connectivity index (χ1n) is 3.23. The lowest BCUT2D eigenvalue weighted by Gasteiger charge is -2.03. The van der Waals surface area contributed by atoms with E-state index in [4.69, 9.17) is 17.3 Å². The third kappa shape index (κ3) is 3.19. The first-order valence-corrected chi connectivity index (χ1v) is 4.52. The van der Waals surface area contributed by atoms with Crippen molar-refractivity contribution in [2.75, 3.05) is 0 Å². The zero-order chi connectivity index (χ0) is 9.72. The van der Waals surface area contributed by atoms with Crippen LogP contribution in [0.4, 0.5) is 0 Å². The standard InChI is InChI=1S/C8H10O2S2/c1-4-12-8(11)7(5(2)9)6(3)10/h4,9H,1H2,2-3H3/b7-5-. The lowest BCUT2D eigenvalue weighted by molar-refractivity contribution is -0.113. The van der Waals surface area contributed by atoms with Crippen molar-refractivity contribution >= 4 is 34.0 Å². The maximum atomic E-state index is 10.9. The van der Waals surface area contributed by atoms with E-state index in [0.29, 0.717) is 4.20 Å². The van der Waals surface area contributed by atoms with Crippen LogP contribution in [-0.2, 0) is 4.79 Å². The second-order valence-corrected chi connectivity index (χ2v) is 3.73. The number of ketones is 1. The van der Waals surface area contributed by atoms with E-state index in [9.17, 15) is 4.79 Å². The lowest BCUT2D eigenvalue weighted by Crippen LogP contribution is -2.06. The van der Waals surface area contributed by atoms with Crippen LogP contribution in [0.25, 0.3) is 0 Å². The van der Waals surface area contributed by atoms with Crippen molar-refractivity contribution in [2.45, 2.75) is 13.8 Å². The summed E-state index contributed by atoms with van der Waals surface area (Å²) in [6.07, 6.45) is 0. The Labute approximate surface area is 81.4 Å². The van der Waals surface area contributed by atoms with Gasteiger partial charge in [-0.05, 0) is 19.3 Å². The largest absolute Gasteiger partial charge is 0.512 e. The Morgan fingerprint density at radius 1 is 1.58 bits per heavy atom. The number of thioether (sulfide) groups is 1. The normalized spacial score (nSPS) is 11.8. The van der Waals surface area contributed by atoms with Crippen molar-refractivity contribution in [3.63, 3.8) is 0 Å². The summed E-state index contributed by atoms with van der Waals surface area (Å²) in [5.74, 6) is -0.267. The number of allylic oxidation sites excluding steroid dienone is 1. The van der Waals surface area contributed by atoms with E-state index in [-0.39, 0.29) is 17.1 Å². The second-order valence-electron chi connectivity index (χ2n) is 2.09. The average Bonchev–Trinajstić information content (AvgIpc) is 1.85. The van der Waals surface area contributed by atoms with E-state index in [1.165, 1.54) is 19.3 Å². The highest BCUT2D eigenvalue weighted by atomic mass is 32.2. The zero-order valence-corrected chi connectivity index (χ0v) is 8.59. The molecule has 0 bridgehead atoms. The lowest BCUT2D eigenvalue weighted by atomic mass is 10.2. The molecule has 0 aliphatic heterocycles. The highest BCUT2D eigenvalue weighted by Gasteiger charge is 2.12. The molecule has 4 heteroatoms. The molecule has 0 aromatic heterocycles. The molecule has 0 aliphatic rings. The van der Waals surface area contributed by atoms with Crippen molar-refractivity contribution in [1.82, 2.24) is 0 Å². The molecule has 0 amide bonds. The quantitative estimate of drug-likeness (QED) is 0.433. The molecule has 0 aromatic carbocycles. The summed E-state index contributed by atoms with van der Waals surface area (Å²) in [5.41, 5.74) is 0.204. The summed E-state index contributed by atoms with van der Waals surface area (Å²) < 4.78 is 0.359. The number of carbonyl (C=O) groups is 1. The molecule has 0 radical (unpaired) electrons. The van der Waals surface area contributed by atoms with Crippen molar-refractivity contribution < 1.29 is 9.90 Å². The van der Waals surface area contributed by atoms with Crippen molar-refractivity contribution in [3.8, 4) is 0 Å². The van der Waals surface area contributed by atoms with E-state index >= 15 is 0 Å². The summed E-state index contributed by atoms with van der Waals surface area (Å²) in [4.78, 5) is 10.9. The molecule has 0 aliphatic carbocycles. The third-order valence-corrected chi connectivity index (χ3v) is 2.19. The molecule has 0 fully saturated rings. The maximum Gasteiger partial charge on any atom is 0.165 e. The minimum Gasteiger partial charge on any atom is -0.512 e. The highest BCUT2D eigenvalue weighted by molar-refractivity contribution is 8.25. The van der Waals surface area contributed by atoms with Gasteiger partial charge in [0.05, 0.1) is 9.77 Å². The van der Waals surface area contributed by atoms with Crippen molar-refractivity contribution in [2.24, 2.45) is 0 Å². The van der Waals surface area contributed by atoms with E-state index in [1.54, 1.807) is 0 Å². The van der Waals surface area contributed by atoms with Gasteiger partial charge >= 0.3 is 0 Å². The van der Waals surface area contributed by atoms with Gasteiger partial charge in [-0.3, -0.25) is 4.79 Å². The summed E-state index contributed by atoms with van der Waals surface area (Å²) in [6.45, 7) is 6.26. The van der Waals surface area contributed by atoms with Crippen LogP contribution in [0.2, 0.25) is 0 Å². The van der Waals surface area contributed by atoms with Gasteiger partial charge in [0, 0.05) is 0 Å². The monoisotopic (exact) mass is 202 g/mol. The Balaban J connectivity index is 4.78. The van der Waals surface area contributed by atoms with Crippen molar-refractivity contribution in [1.29, 1.82) is 0 Å². The molecule has 0 atom stereocenters. The molecule has 0 saturated heterocycles. The number of hydrogen-bond acceptors (Lipinski definition) is 4. The third-order valence-electron chi connectivity index (χ3n) is 1.11. The van der Waals surface area contributed by atoms with Gasteiger partial charge in [0.2, 0.25) is 0 Å². The van der Waals surface area contributed by atoms with E-state index in [1.807, 2.05) is 0 Å². The van der Waals surface area contributed by atoms with Crippen LogP contribution in [-0.4, -0.2) is 15.1 Å². The predicted molar refractivity (Wildman–Crippen MR) is 56.4 cm³/mol. The molecule has 0 spiro atoms. The number of carbonyl (C=O) groups excluding carboxylic acids is 1. The number of Topliss-reactive ketones (excluding diaryl/α,β-unsaturated/α-hetero) is 1. The Hall–Kier alpha value is -0.610. The van der Waals surface area contributed by atoms with Gasteiger partial charge in [-0.15, -0.1) is 0 Å². The minimum atomic E-state index is -0.227. The number of aliphatic hydroxyl groups is 1. The van der Waals surface area contributed by atoms with Crippen LogP contribution in [0.5, 0.6) is 0 Å². The van der Waals surface area contributed by atoms with Gasteiger partial charge in [0.1, 0.15) is 5.76 Å². The van der Waals surface area contributed by atoms with Crippen LogP contribution < -0.4 is 0 Å². The molecule has 0 saturated carbocycles. The first-order chi connectivity index (χ1) is 5.50. The summed E-state index contributed by atoms with van der Waals surface area (Å²) in [5, 5.41) is 10.6. The van der Waals surface area contributed by atoms with Crippen molar-refractivity contribution in [3.05, 3.63) is 23.3 Å². The van der Waals surface area contributed by atoms with Crippen LogP contribution in [0.3, 0.4) is 0 Å². The van der Waals surface area contributed by atoms with E-state index < -0.39 is 0 Å². The molecule has 66 valence electrons. The number of aliphatic hydroxyl groups excluding tert-OH is 1. The molecular weight excluding hydrogens is 192 g/mol. The topological polar surface area (TPSA) is 37.3 Å². The Morgan fingerprint density at radius 2 is 2.08 bits per heavy atom. The molecular formula is C8H10O2S2. The van der Waals surface area contributed by atoms with Crippen LogP contribution in [0, 0.1) is 0 Å². The number of rotatable bonds is 3. The molecule has 0 heterocycles. The Kier molecular flexibility index (Phi) is 4.85. The van der Waals surface area contributed by atoms with Gasteiger partial charge in [-0.2, -0.15) is 0 Å². The number of thiocarbonyl (C=S) groups is 1. The van der Waals surface area contributed by atoms with Gasteiger partial charge in [-0.25, -0.2) is 0 Å². The van der Waals surface area contributed by atoms with Gasteiger partial charge in [0.25, 0.3) is 0 Å². The predicted octanol–water partition coefficient (Wildman–Crippen LogP) is 2.61. The molecule has 12 heavy (non-hydrogen) atoms. The average molecular weight is 202 g/mol. The summed E-state index contributed by atoms with van der Waals surface area (Å²) in [7, 11) is 0.